The highest BCUT2D eigenvalue weighted by molar-refractivity contribution is 6.10. The monoisotopic (exact) mass is 894 g/mol. The first kappa shape index (κ1) is 39.0. The first-order valence-corrected chi connectivity index (χ1v) is 23.9. The number of fused-ring (bicyclic) bond motifs is 19. The third kappa shape index (κ3) is 6.13. The third-order valence-electron chi connectivity index (χ3n) is 14.5. The second-order valence-corrected chi connectivity index (χ2v) is 18.6. The van der Waals surface area contributed by atoms with Crippen LogP contribution >= 0.6 is 0 Å². The lowest BCUT2D eigenvalue weighted by Gasteiger charge is -2.25. The van der Waals surface area contributed by atoms with Crippen LogP contribution in [0.4, 0.5) is 0 Å². The van der Waals surface area contributed by atoms with Crippen molar-refractivity contribution in [3.63, 3.8) is 0 Å². The van der Waals surface area contributed by atoms with Crippen LogP contribution < -0.4 is 0 Å². The second-order valence-electron chi connectivity index (χ2n) is 18.6. The van der Waals surface area contributed by atoms with E-state index < -0.39 is 5.89 Å². The van der Waals surface area contributed by atoms with Gasteiger partial charge in [-0.05, 0) is 136 Å². The van der Waals surface area contributed by atoms with Gasteiger partial charge in [0.15, 0.2) is 0 Å². The van der Waals surface area contributed by atoms with Crippen molar-refractivity contribution in [1.29, 1.82) is 0 Å². The number of hydrogen-bond acceptors (Lipinski definition) is 4. The van der Waals surface area contributed by atoms with Crippen molar-refractivity contribution in [3.05, 3.63) is 224 Å². The maximum Gasteiger partial charge on any atom is 0.230 e. The van der Waals surface area contributed by atoms with E-state index >= 15 is 0 Å². The second kappa shape index (κ2) is 15.8. The minimum Gasteiger partial charge on any atom is -0.437 e. The van der Waals surface area contributed by atoms with Gasteiger partial charge < -0.3 is 4.42 Å². The Hall–Kier alpha value is -8.99. The third-order valence-corrected chi connectivity index (χ3v) is 14.5. The number of rotatable bonds is 4. The van der Waals surface area contributed by atoms with Crippen LogP contribution in [0.25, 0.3) is 145 Å². The van der Waals surface area contributed by atoms with Gasteiger partial charge >= 0.3 is 0 Å². The summed E-state index contributed by atoms with van der Waals surface area (Å²) in [4.78, 5) is 13.7. The highest BCUT2D eigenvalue weighted by Gasteiger charge is 2.27. The summed E-state index contributed by atoms with van der Waals surface area (Å²) >= 11 is 0. The molecule has 0 amide bonds. The fraction of sp³-hybridized carbons (Fsp3) is 0.0455. The van der Waals surface area contributed by atoms with Gasteiger partial charge in [-0.15, -0.1) is 0 Å². The molecule has 0 radical (unpaired) electrons. The zero-order valence-corrected chi connectivity index (χ0v) is 38.5. The van der Waals surface area contributed by atoms with Crippen LogP contribution in [-0.4, -0.2) is 15.0 Å². The molecule has 0 saturated carbocycles. The number of nitrogens with zero attached hydrogens (tertiary/aromatic N) is 3. The summed E-state index contributed by atoms with van der Waals surface area (Å²) in [5, 5.41) is 1.90. The number of aromatic nitrogens is 3. The van der Waals surface area contributed by atoms with Gasteiger partial charge in [0, 0.05) is 35.8 Å². The van der Waals surface area contributed by atoms with E-state index in [0.717, 1.165) is 111 Å². The normalized spacial score (nSPS) is 12.3. The van der Waals surface area contributed by atoms with Crippen LogP contribution in [0.3, 0.4) is 0 Å². The maximum absolute atomic E-state index is 9.90. The maximum atomic E-state index is 9.90. The highest BCUT2D eigenvalue weighted by Crippen LogP contribution is 2.52. The van der Waals surface area contributed by atoms with Gasteiger partial charge in [0.2, 0.25) is 5.71 Å². The first-order chi connectivity index (χ1) is 34.9. The molecule has 0 aliphatic heterocycles. The fourth-order valence-corrected chi connectivity index (χ4v) is 11.5. The molecule has 0 N–H and O–H groups in total. The summed E-state index contributed by atoms with van der Waals surface area (Å²) in [6, 6.07) is 72.6. The lowest BCUT2D eigenvalue weighted by molar-refractivity contribution is 0.654. The summed E-state index contributed by atoms with van der Waals surface area (Å²) in [6.45, 7) is 4.04. The standard InChI is InChI=1S/C66H43N3O/c1-39(2)63-43(22-11-23-44(63)41-28-32-55-57-26-13-33-68-64(57)56-21-10-9-17-49(56)48-16-5-8-20-52(48)61(55)35-41)40-27-30-53-54-31-29-42(45-24-12-25-58-62-37-67-38-69-66(62)70-65(45)58)36-60(54)51-19-7-4-15-47(51)46-14-3-6-18-50(46)59(53)34-40/h3-39H,1-2H3/i39D. The molecule has 0 saturated heterocycles. The molecule has 0 bridgehead atoms. The van der Waals surface area contributed by atoms with Gasteiger partial charge in [-0.25, -0.2) is 9.97 Å². The van der Waals surface area contributed by atoms with Gasteiger partial charge in [0.05, 0.1) is 11.1 Å². The quantitative estimate of drug-likeness (QED) is 0.177. The van der Waals surface area contributed by atoms with Gasteiger partial charge in [-0.2, -0.15) is 0 Å². The topological polar surface area (TPSA) is 51.8 Å². The summed E-state index contributed by atoms with van der Waals surface area (Å²) in [6.07, 6.45) is 5.25. The summed E-state index contributed by atoms with van der Waals surface area (Å²) in [7, 11) is 0. The predicted octanol–water partition coefficient (Wildman–Crippen LogP) is 17.9. The Morgan fingerprint density at radius 3 is 1.33 bits per heavy atom. The minimum absolute atomic E-state index is 0.581. The Bertz CT molecular complexity index is 4170. The molecule has 0 spiro atoms. The molecule has 70 heavy (non-hydrogen) atoms. The lowest BCUT2D eigenvalue weighted by atomic mass is 9.78. The van der Waals surface area contributed by atoms with Crippen molar-refractivity contribution in [2.24, 2.45) is 0 Å². The van der Waals surface area contributed by atoms with E-state index in [1.807, 2.05) is 32.3 Å². The first-order valence-electron chi connectivity index (χ1n) is 24.4. The molecule has 9 aromatic carbocycles. The number of pyridine rings is 1. The molecule has 0 fully saturated rings. The Morgan fingerprint density at radius 1 is 0.371 bits per heavy atom. The summed E-state index contributed by atoms with van der Waals surface area (Å²) < 4.78 is 16.3. The van der Waals surface area contributed by atoms with Crippen LogP contribution in [-0.2, 0) is 0 Å². The van der Waals surface area contributed by atoms with Crippen LogP contribution in [0.5, 0.6) is 0 Å². The van der Waals surface area contributed by atoms with Crippen molar-refractivity contribution in [3.8, 4) is 123 Å². The minimum atomic E-state index is -0.955. The van der Waals surface area contributed by atoms with Crippen LogP contribution in [0, 0.1) is 0 Å². The summed E-state index contributed by atoms with van der Waals surface area (Å²) in [5.74, 6) is -0.955. The molecule has 0 atom stereocenters. The fourth-order valence-electron chi connectivity index (χ4n) is 11.5. The number of para-hydroxylation sites is 1. The number of furan rings is 1. The average Bonchev–Trinajstić information content (AvgIpc) is 3.81. The van der Waals surface area contributed by atoms with Gasteiger partial charge in [-0.3, -0.25) is 4.98 Å². The van der Waals surface area contributed by atoms with E-state index in [0.29, 0.717) is 5.71 Å². The molecule has 4 heteroatoms. The Balaban J connectivity index is 0.960. The molecule has 12 aromatic rings. The van der Waals surface area contributed by atoms with Gasteiger partial charge in [-0.1, -0.05) is 190 Å². The average molecular weight is 895 g/mol. The predicted molar refractivity (Wildman–Crippen MR) is 288 cm³/mol. The van der Waals surface area contributed by atoms with Crippen molar-refractivity contribution >= 4 is 22.1 Å². The van der Waals surface area contributed by atoms with E-state index in [9.17, 15) is 1.37 Å². The van der Waals surface area contributed by atoms with Crippen molar-refractivity contribution in [2.75, 3.05) is 0 Å². The molecular weight excluding hydrogens is 851 g/mol. The van der Waals surface area contributed by atoms with Crippen LogP contribution in [0.15, 0.2) is 223 Å². The van der Waals surface area contributed by atoms with Crippen LogP contribution in [0.1, 0.15) is 26.7 Å². The molecule has 2 aliphatic rings. The van der Waals surface area contributed by atoms with E-state index in [1.165, 1.54) is 39.7 Å². The van der Waals surface area contributed by atoms with Crippen molar-refractivity contribution in [2.45, 2.75) is 19.7 Å². The SMILES string of the molecule is [2H]C(C)(C)c1c(-c2ccc3c(c2)-c2ccccc2-c2ccccc2-c2cc(-c4cccc5c4oc4ncncc45)ccc2-3)cccc1-c1ccc2c(c1)-c1ccccc1-c1ccccc1-c1ncccc1-2. The molecule has 328 valence electrons. The lowest BCUT2D eigenvalue weighted by Crippen LogP contribution is -2.01. The molecule has 0 unspecified atom stereocenters. The zero-order chi connectivity index (χ0) is 47.4. The molecule has 14 rings (SSSR count). The van der Waals surface area contributed by atoms with Gasteiger partial charge in [0.25, 0.3) is 0 Å². The van der Waals surface area contributed by atoms with E-state index in [1.54, 1.807) is 0 Å². The highest BCUT2D eigenvalue weighted by atomic mass is 16.3. The van der Waals surface area contributed by atoms with Crippen molar-refractivity contribution in [1.82, 2.24) is 15.0 Å². The zero-order valence-electron chi connectivity index (χ0n) is 39.5. The van der Waals surface area contributed by atoms with Gasteiger partial charge in [0.1, 0.15) is 11.9 Å². The smallest absolute Gasteiger partial charge is 0.230 e. The molecule has 3 aromatic heterocycles. The number of hydrogen-bond donors (Lipinski definition) is 0. The largest absolute Gasteiger partial charge is 0.437 e. The molecular formula is C66H43N3O. The molecule has 4 nitrogen and oxygen atoms in total. The summed E-state index contributed by atoms with van der Waals surface area (Å²) in [5.41, 5.74) is 26.9. The molecule has 2 aliphatic carbocycles. The van der Waals surface area contributed by atoms with E-state index in [-0.39, 0.29) is 0 Å². The van der Waals surface area contributed by atoms with E-state index in [2.05, 4.69) is 204 Å². The van der Waals surface area contributed by atoms with Crippen LogP contribution in [0.2, 0.25) is 0 Å². The van der Waals surface area contributed by atoms with Crippen molar-refractivity contribution < 1.29 is 5.79 Å². The Kier molecular flexibility index (Phi) is 8.81. The van der Waals surface area contributed by atoms with E-state index in [4.69, 9.17) is 9.40 Å². The Labute approximate surface area is 407 Å². The molecule has 3 heterocycles. The number of benzene rings is 9. The Morgan fingerprint density at radius 2 is 0.786 bits per heavy atom.